The number of rotatable bonds is 5. The second kappa shape index (κ2) is 11.5. The summed E-state index contributed by atoms with van der Waals surface area (Å²) in [6.07, 6.45) is 5.75. The van der Waals surface area contributed by atoms with Gasteiger partial charge in [-0.2, -0.15) is 5.10 Å². The van der Waals surface area contributed by atoms with Crippen molar-refractivity contribution in [1.29, 1.82) is 0 Å². The van der Waals surface area contributed by atoms with Crippen LogP contribution in [0.25, 0.3) is 5.69 Å². The van der Waals surface area contributed by atoms with E-state index in [9.17, 15) is 4.39 Å². The van der Waals surface area contributed by atoms with Crippen LogP contribution >= 0.6 is 35.6 Å². The molecule has 0 amide bonds. The molecule has 0 unspecified atom stereocenters. The van der Waals surface area contributed by atoms with E-state index in [1.165, 1.54) is 6.07 Å². The topological polar surface area (TPSA) is 57.5 Å². The van der Waals surface area contributed by atoms with Gasteiger partial charge in [-0.25, -0.2) is 9.07 Å². The number of benzene rings is 2. The van der Waals surface area contributed by atoms with Crippen molar-refractivity contribution in [3.63, 3.8) is 0 Å². The lowest BCUT2D eigenvalue weighted by Gasteiger charge is -2.34. The second-order valence-corrected chi connectivity index (χ2v) is 8.02. The molecule has 2 aromatic carbocycles. The molecule has 1 aromatic heterocycles. The fourth-order valence-electron chi connectivity index (χ4n) is 3.72. The third-order valence-corrected chi connectivity index (χ3v) is 5.67. The van der Waals surface area contributed by atoms with E-state index in [1.54, 1.807) is 19.2 Å². The van der Waals surface area contributed by atoms with Crippen molar-refractivity contribution in [2.45, 2.75) is 25.4 Å². The number of halogens is 3. The van der Waals surface area contributed by atoms with Gasteiger partial charge in [0.1, 0.15) is 5.82 Å². The largest absolute Gasteiger partial charge is 0.371 e. The molecule has 0 bridgehead atoms. The molecule has 2 N–H and O–H groups in total. The minimum Gasteiger partial charge on any atom is -0.371 e. The van der Waals surface area contributed by atoms with Gasteiger partial charge < -0.3 is 15.5 Å². The van der Waals surface area contributed by atoms with Crippen LogP contribution in [0.2, 0.25) is 5.02 Å². The average Bonchev–Trinajstić information content (AvgIpc) is 3.26. The van der Waals surface area contributed by atoms with Crippen molar-refractivity contribution in [3.8, 4) is 5.69 Å². The number of guanidine groups is 1. The molecule has 6 nitrogen and oxygen atoms in total. The summed E-state index contributed by atoms with van der Waals surface area (Å²) in [5, 5.41) is 12.0. The number of hydrogen-bond donors (Lipinski definition) is 2. The number of nitrogens with one attached hydrogen (secondary N) is 2. The monoisotopic (exact) mass is 568 g/mol. The van der Waals surface area contributed by atoms with Crippen LogP contribution in [0.4, 0.5) is 10.1 Å². The smallest absolute Gasteiger partial charge is 0.191 e. The summed E-state index contributed by atoms with van der Waals surface area (Å²) in [5.41, 5.74) is 2.96. The first-order valence-corrected chi connectivity index (χ1v) is 10.8. The van der Waals surface area contributed by atoms with Crippen molar-refractivity contribution in [1.82, 2.24) is 20.4 Å². The third kappa shape index (κ3) is 6.35. The van der Waals surface area contributed by atoms with Gasteiger partial charge in [-0.05, 0) is 55.3 Å². The average molecular weight is 569 g/mol. The predicted molar refractivity (Wildman–Crippen MR) is 139 cm³/mol. The van der Waals surface area contributed by atoms with Crippen molar-refractivity contribution in [3.05, 3.63) is 77.3 Å². The van der Waals surface area contributed by atoms with Crippen molar-refractivity contribution < 1.29 is 4.39 Å². The highest BCUT2D eigenvalue weighted by molar-refractivity contribution is 14.0. The van der Waals surface area contributed by atoms with Crippen molar-refractivity contribution in [2.24, 2.45) is 4.99 Å². The van der Waals surface area contributed by atoms with E-state index in [0.717, 1.165) is 48.8 Å². The zero-order valence-corrected chi connectivity index (χ0v) is 20.9. The van der Waals surface area contributed by atoms with Crippen LogP contribution < -0.4 is 15.5 Å². The Kier molecular flexibility index (Phi) is 8.75. The van der Waals surface area contributed by atoms with Gasteiger partial charge in [-0.3, -0.25) is 4.99 Å². The minimum absolute atomic E-state index is 0. The minimum atomic E-state index is -0.193. The molecule has 0 aliphatic carbocycles. The van der Waals surface area contributed by atoms with E-state index in [1.807, 2.05) is 47.4 Å². The first-order chi connectivity index (χ1) is 15.1. The molecule has 170 valence electrons. The molecule has 2 heterocycles. The number of anilines is 1. The Balaban J connectivity index is 0.00000289. The molecule has 0 atom stereocenters. The molecule has 32 heavy (non-hydrogen) atoms. The van der Waals surface area contributed by atoms with Gasteiger partial charge >= 0.3 is 0 Å². The second-order valence-electron chi connectivity index (χ2n) is 7.58. The summed E-state index contributed by atoms with van der Waals surface area (Å²) in [5.74, 6) is 0.574. The number of nitrogens with zero attached hydrogens (tertiary/aromatic N) is 4. The highest BCUT2D eigenvalue weighted by atomic mass is 127. The molecule has 1 aliphatic heterocycles. The number of piperidine rings is 1. The van der Waals surface area contributed by atoms with E-state index in [-0.39, 0.29) is 29.8 Å². The highest BCUT2D eigenvalue weighted by Crippen LogP contribution is 2.20. The summed E-state index contributed by atoms with van der Waals surface area (Å²) in [7, 11) is 1.77. The summed E-state index contributed by atoms with van der Waals surface area (Å²) >= 11 is 5.95. The van der Waals surface area contributed by atoms with E-state index >= 15 is 0 Å². The third-order valence-electron chi connectivity index (χ3n) is 5.42. The molecule has 0 spiro atoms. The Morgan fingerprint density at radius 2 is 1.91 bits per heavy atom. The summed E-state index contributed by atoms with van der Waals surface area (Å²) in [6, 6.07) is 14.7. The lowest BCUT2D eigenvalue weighted by molar-refractivity contribution is 0.461. The van der Waals surface area contributed by atoms with Gasteiger partial charge in [-0.1, -0.05) is 17.7 Å². The summed E-state index contributed by atoms with van der Waals surface area (Å²) in [4.78, 5) is 6.57. The van der Waals surface area contributed by atoms with Gasteiger partial charge in [0, 0.05) is 55.2 Å². The zero-order valence-electron chi connectivity index (χ0n) is 17.8. The van der Waals surface area contributed by atoms with E-state index in [0.29, 0.717) is 17.6 Å². The maximum Gasteiger partial charge on any atom is 0.191 e. The van der Waals surface area contributed by atoms with Gasteiger partial charge in [0.15, 0.2) is 5.96 Å². The predicted octanol–water partition coefficient (Wildman–Crippen LogP) is 4.62. The van der Waals surface area contributed by atoms with Gasteiger partial charge in [0.2, 0.25) is 0 Å². The molecule has 3 aromatic rings. The van der Waals surface area contributed by atoms with Crippen LogP contribution in [-0.2, 0) is 6.54 Å². The van der Waals surface area contributed by atoms with E-state index < -0.39 is 0 Å². The Hall–Kier alpha value is -2.33. The quantitative estimate of drug-likeness (QED) is 0.268. The van der Waals surface area contributed by atoms with Gasteiger partial charge in [0.05, 0.1) is 11.9 Å². The molecule has 4 rings (SSSR count). The molecule has 1 saturated heterocycles. The van der Waals surface area contributed by atoms with Crippen molar-refractivity contribution in [2.75, 3.05) is 25.0 Å². The molecule has 9 heteroatoms. The van der Waals surface area contributed by atoms with E-state index in [2.05, 4.69) is 25.6 Å². The van der Waals surface area contributed by atoms with E-state index in [4.69, 9.17) is 11.6 Å². The molecular formula is C23H27ClFIN6. The maximum atomic E-state index is 13.5. The Morgan fingerprint density at radius 3 is 2.59 bits per heavy atom. The molecule has 1 fully saturated rings. The van der Waals surface area contributed by atoms with Crippen LogP contribution in [0.5, 0.6) is 0 Å². The Labute approximate surface area is 209 Å². The molecular weight excluding hydrogens is 542 g/mol. The number of aromatic nitrogens is 2. The van der Waals surface area contributed by atoms with Crippen molar-refractivity contribution >= 4 is 47.2 Å². The summed E-state index contributed by atoms with van der Waals surface area (Å²) < 4.78 is 15.3. The normalized spacial score (nSPS) is 14.7. The van der Waals surface area contributed by atoms with Crippen LogP contribution in [0.1, 0.15) is 18.4 Å². The summed E-state index contributed by atoms with van der Waals surface area (Å²) in [6.45, 7) is 2.38. The lowest BCUT2D eigenvalue weighted by atomic mass is 10.0. The van der Waals surface area contributed by atoms with Gasteiger partial charge in [0.25, 0.3) is 0 Å². The molecule has 0 saturated carbocycles. The lowest BCUT2D eigenvalue weighted by Crippen LogP contribution is -2.48. The zero-order chi connectivity index (χ0) is 21.6. The Morgan fingerprint density at radius 1 is 1.16 bits per heavy atom. The SMILES string of the molecule is CN=C(NCc1cnn(-c2ccc(Cl)cc2)c1)NC1CCN(c2cccc(F)c2)CC1.I. The first kappa shape index (κ1) is 24.3. The van der Waals surface area contributed by atoms with Crippen LogP contribution in [0, 0.1) is 5.82 Å². The van der Waals surface area contributed by atoms with Crippen LogP contribution in [0.15, 0.2) is 65.9 Å². The van der Waals surface area contributed by atoms with Crippen LogP contribution in [-0.4, -0.2) is 41.9 Å². The maximum absolute atomic E-state index is 13.5. The Bertz CT molecular complexity index is 1030. The molecule has 0 radical (unpaired) electrons. The standard InChI is InChI=1S/C23H26ClFN6.HI/c1-26-23(27-14-17-15-28-31(16-17)21-7-5-18(24)6-8-21)29-20-9-11-30(12-10-20)22-4-2-3-19(25)13-22;/h2-8,13,15-16,20H,9-12,14H2,1H3,(H2,26,27,29);1H. The highest BCUT2D eigenvalue weighted by Gasteiger charge is 2.20. The van der Waals surface area contributed by atoms with Crippen LogP contribution in [0.3, 0.4) is 0 Å². The molecule has 1 aliphatic rings. The number of hydrogen-bond acceptors (Lipinski definition) is 3. The fraction of sp³-hybridized carbons (Fsp3) is 0.304. The fourth-order valence-corrected chi connectivity index (χ4v) is 3.84. The number of aliphatic imine (C=N–C) groups is 1. The van der Waals surface area contributed by atoms with Gasteiger partial charge in [-0.15, -0.1) is 24.0 Å². The first-order valence-electron chi connectivity index (χ1n) is 10.4.